The summed E-state index contributed by atoms with van der Waals surface area (Å²) in [4.78, 5) is 0. The number of fused-ring (bicyclic) bond motifs is 1. The molecule has 0 saturated carbocycles. The van der Waals surface area contributed by atoms with Crippen LogP contribution in [0.1, 0.15) is 5.56 Å². The normalized spacial score (nSPS) is 18.5. The fourth-order valence-electron chi connectivity index (χ4n) is 1.15. The van der Waals surface area contributed by atoms with Crippen LogP contribution in [-0.4, -0.2) is 21.2 Å². The molecule has 1 aromatic heterocycles. The maximum atomic E-state index is 11.7. The number of thiophene rings is 1. The molecule has 0 bridgehead atoms. The number of rotatable bonds is 1. The Labute approximate surface area is 96.0 Å². The van der Waals surface area contributed by atoms with E-state index in [1.165, 1.54) is 12.1 Å². The summed E-state index contributed by atoms with van der Waals surface area (Å²) < 4.78 is 45.7. The highest BCUT2D eigenvalue weighted by Crippen LogP contribution is 2.34. The second-order valence-corrected chi connectivity index (χ2v) is 7.88. The van der Waals surface area contributed by atoms with Crippen molar-refractivity contribution < 1.29 is 16.8 Å². The first-order valence-electron chi connectivity index (χ1n) is 3.87. The Hall–Kier alpha value is -0.940. The Morgan fingerprint density at radius 3 is 2.56 bits per heavy atom. The molecule has 2 heterocycles. The summed E-state index contributed by atoms with van der Waals surface area (Å²) in [5.74, 6) is 5.23. The van der Waals surface area contributed by atoms with E-state index in [9.17, 15) is 16.8 Å². The van der Waals surface area contributed by atoms with E-state index in [1.807, 2.05) is 0 Å². The fourth-order valence-corrected chi connectivity index (χ4v) is 4.72. The van der Waals surface area contributed by atoms with Crippen LogP contribution >= 0.6 is 11.3 Å². The first kappa shape index (κ1) is 11.5. The van der Waals surface area contributed by atoms with Crippen molar-refractivity contribution in [3.05, 3.63) is 17.8 Å². The highest BCUT2D eigenvalue weighted by atomic mass is 32.3. The van der Waals surface area contributed by atoms with Crippen molar-refractivity contribution in [2.24, 2.45) is 11.0 Å². The van der Waals surface area contributed by atoms with Gasteiger partial charge < -0.3 is 0 Å². The summed E-state index contributed by atoms with van der Waals surface area (Å²) in [6, 6.07) is 1.20. The Balaban J connectivity index is 2.73. The van der Waals surface area contributed by atoms with Crippen molar-refractivity contribution in [2.45, 2.75) is 8.42 Å². The quantitative estimate of drug-likeness (QED) is 0.655. The summed E-state index contributed by atoms with van der Waals surface area (Å²) in [6.07, 6.45) is 2.54. The fraction of sp³-hybridized carbons (Fsp3) is 0. The van der Waals surface area contributed by atoms with Crippen LogP contribution in [0.5, 0.6) is 0 Å². The van der Waals surface area contributed by atoms with Crippen LogP contribution in [0.2, 0.25) is 0 Å². The SMILES string of the molecule is NN1C=Cc2cc(S(N)(=O)=O)sc2S1(=O)=O. The van der Waals surface area contributed by atoms with Crippen molar-refractivity contribution in [3.63, 3.8) is 0 Å². The molecule has 16 heavy (non-hydrogen) atoms. The van der Waals surface area contributed by atoms with E-state index in [0.29, 0.717) is 15.8 Å². The molecule has 7 nitrogen and oxygen atoms in total. The third-order valence-electron chi connectivity index (χ3n) is 1.90. The van der Waals surface area contributed by atoms with Gasteiger partial charge in [-0.05, 0) is 12.1 Å². The lowest BCUT2D eigenvalue weighted by Crippen LogP contribution is -2.33. The zero-order chi connectivity index (χ0) is 12.1. The number of sulfonamides is 2. The van der Waals surface area contributed by atoms with Gasteiger partial charge in [-0.3, -0.25) is 0 Å². The third-order valence-corrected chi connectivity index (χ3v) is 6.52. The molecular formula is C6H7N3O4S3. The van der Waals surface area contributed by atoms with Gasteiger partial charge in [0.2, 0.25) is 10.0 Å². The van der Waals surface area contributed by atoms with Gasteiger partial charge in [-0.15, -0.1) is 11.3 Å². The van der Waals surface area contributed by atoms with Crippen LogP contribution in [0.3, 0.4) is 0 Å². The van der Waals surface area contributed by atoms with Crippen molar-refractivity contribution in [2.75, 3.05) is 0 Å². The topological polar surface area (TPSA) is 124 Å². The second-order valence-electron chi connectivity index (χ2n) is 3.00. The van der Waals surface area contributed by atoms with Gasteiger partial charge >= 0.3 is 0 Å². The number of hydrogen-bond acceptors (Lipinski definition) is 6. The largest absolute Gasteiger partial charge is 0.287 e. The molecule has 0 aliphatic carbocycles. The van der Waals surface area contributed by atoms with E-state index in [0.717, 1.165) is 6.20 Å². The molecule has 0 spiro atoms. The number of hydrazine groups is 1. The molecule has 2 rings (SSSR count). The van der Waals surface area contributed by atoms with Gasteiger partial charge in [0.15, 0.2) is 0 Å². The van der Waals surface area contributed by atoms with Gasteiger partial charge in [0.05, 0.1) is 0 Å². The summed E-state index contributed by atoms with van der Waals surface area (Å²) in [5, 5.41) is 4.91. The highest BCUT2D eigenvalue weighted by molar-refractivity contribution is 7.94. The van der Waals surface area contributed by atoms with Crippen LogP contribution in [0, 0.1) is 0 Å². The first-order chi connectivity index (χ1) is 7.23. The molecule has 0 unspecified atom stereocenters. The lowest BCUT2D eigenvalue weighted by molar-refractivity contribution is 0.513. The van der Waals surface area contributed by atoms with Crippen molar-refractivity contribution in [3.8, 4) is 0 Å². The van der Waals surface area contributed by atoms with Gasteiger partial charge in [-0.25, -0.2) is 23.8 Å². The van der Waals surface area contributed by atoms with Gasteiger partial charge in [0.25, 0.3) is 10.0 Å². The Kier molecular flexibility index (Phi) is 2.36. The minimum Gasteiger partial charge on any atom is -0.234 e. The van der Waals surface area contributed by atoms with Gasteiger partial charge in [-0.1, -0.05) is 0 Å². The molecule has 0 atom stereocenters. The predicted octanol–water partition coefficient (Wildman–Crippen LogP) is -0.756. The van der Waals surface area contributed by atoms with E-state index in [-0.39, 0.29) is 14.0 Å². The molecule has 1 aliphatic heterocycles. The number of nitrogens with two attached hydrogens (primary N) is 2. The van der Waals surface area contributed by atoms with E-state index >= 15 is 0 Å². The minimum atomic E-state index is -3.90. The predicted molar refractivity (Wildman–Crippen MR) is 57.9 cm³/mol. The van der Waals surface area contributed by atoms with Crippen LogP contribution < -0.4 is 11.0 Å². The van der Waals surface area contributed by atoms with Crippen molar-refractivity contribution >= 4 is 37.5 Å². The van der Waals surface area contributed by atoms with E-state index in [2.05, 4.69) is 0 Å². The standard InChI is InChI=1S/C6H7N3O4S3/c7-9-2-1-4-3-5(15(8,10)11)14-6(4)16(9,12)13/h1-3H,7H2,(H2,8,10,11). The van der Waals surface area contributed by atoms with Gasteiger partial charge in [0, 0.05) is 11.8 Å². The second kappa shape index (κ2) is 3.28. The van der Waals surface area contributed by atoms with E-state index < -0.39 is 20.0 Å². The molecular weight excluding hydrogens is 274 g/mol. The molecule has 10 heteroatoms. The molecule has 1 aromatic rings. The number of primary sulfonamides is 1. The molecule has 0 aromatic carbocycles. The van der Waals surface area contributed by atoms with Crippen molar-refractivity contribution in [1.82, 2.24) is 4.41 Å². The Bertz CT molecular complexity index is 670. The van der Waals surface area contributed by atoms with Crippen LogP contribution in [0.15, 0.2) is 20.7 Å². The molecule has 0 fully saturated rings. The van der Waals surface area contributed by atoms with E-state index in [4.69, 9.17) is 11.0 Å². The maximum absolute atomic E-state index is 11.7. The lowest BCUT2D eigenvalue weighted by Gasteiger charge is -2.16. The summed E-state index contributed by atoms with van der Waals surface area (Å²) >= 11 is 0.579. The first-order valence-corrected chi connectivity index (χ1v) is 7.67. The summed E-state index contributed by atoms with van der Waals surface area (Å²) in [7, 11) is -7.74. The Morgan fingerprint density at radius 2 is 2.00 bits per heavy atom. The monoisotopic (exact) mass is 281 g/mol. The lowest BCUT2D eigenvalue weighted by atomic mass is 10.3. The smallest absolute Gasteiger partial charge is 0.234 e. The van der Waals surface area contributed by atoms with Crippen LogP contribution in [-0.2, 0) is 20.0 Å². The van der Waals surface area contributed by atoms with Crippen LogP contribution in [0.4, 0.5) is 0 Å². The van der Waals surface area contributed by atoms with Crippen molar-refractivity contribution in [1.29, 1.82) is 0 Å². The van der Waals surface area contributed by atoms with Crippen LogP contribution in [0.25, 0.3) is 6.08 Å². The Morgan fingerprint density at radius 1 is 1.38 bits per heavy atom. The number of hydrogen-bond donors (Lipinski definition) is 2. The molecule has 0 saturated heterocycles. The molecule has 4 N–H and O–H groups in total. The van der Waals surface area contributed by atoms with Gasteiger partial charge in [0.1, 0.15) is 8.42 Å². The van der Waals surface area contributed by atoms with Gasteiger partial charge in [-0.2, -0.15) is 8.42 Å². The maximum Gasteiger partial charge on any atom is 0.287 e. The average Bonchev–Trinajstić information content (AvgIpc) is 2.56. The zero-order valence-corrected chi connectivity index (χ0v) is 10.1. The van der Waals surface area contributed by atoms with E-state index in [1.54, 1.807) is 0 Å². The summed E-state index contributed by atoms with van der Waals surface area (Å²) in [5.41, 5.74) is 0.274. The molecule has 88 valence electrons. The zero-order valence-electron chi connectivity index (χ0n) is 7.69. The number of nitrogens with zero attached hydrogens (tertiary/aromatic N) is 1. The average molecular weight is 281 g/mol. The third kappa shape index (κ3) is 1.64. The molecule has 0 amide bonds. The summed E-state index contributed by atoms with van der Waals surface area (Å²) in [6.45, 7) is 0. The molecule has 1 aliphatic rings. The minimum absolute atomic E-state index is 0.124. The highest BCUT2D eigenvalue weighted by Gasteiger charge is 2.30. The molecule has 0 radical (unpaired) electrons.